The van der Waals surface area contributed by atoms with Gasteiger partial charge in [-0.1, -0.05) is 34.1 Å². The molecule has 2 heteroatoms. The Bertz CT molecular complexity index is 404. The zero-order chi connectivity index (χ0) is 15.2. The highest BCUT2D eigenvalue weighted by atomic mass is 16.6. The SMILES string of the molecule is CCC(C)C(=O)OC1(C(C)CC)CC2CC1C1CCCC21. The van der Waals surface area contributed by atoms with Gasteiger partial charge in [0.2, 0.25) is 0 Å². The van der Waals surface area contributed by atoms with Gasteiger partial charge >= 0.3 is 5.97 Å². The van der Waals surface area contributed by atoms with Gasteiger partial charge in [0, 0.05) is 5.92 Å². The van der Waals surface area contributed by atoms with E-state index in [0.717, 1.165) is 37.0 Å². The molecule has 3 saturated carbocycles. The molecular formula is C19H32O2. The van der Waals surface area contributed by atoms with E-state index in [9.17, 15) is 4.79 Å². The zero-order valence-electron chi connectivity index (χ0n) is 14.2. The second-order valence-corrected chi connectivity index (χ2v) is 8.06. The number of fused-ring (bicyclic) bond motifs is 5. The molecule has 3 fully saturated rings. The van der Waals surface area contributed by atoms with Gasteiger partial charge in [0.15, 0.2) is 0 Å². The van der Waals surface area contributed by atoms with Crippen molar-refractivity contribution in [3.05, 3.63) is 0 Å². The highest BCUT2D eigenvalue weighted by Gasteiger charge is 2.64. The Balaban J connectivity index is 1.84. The van der Waals surface area contributed by atoms with Crippen molar-refractivity contribution in [2.45, 2.75) is 78.2 Å². The van der Waals surface area contributed by atoms with Crippen LogP contribution in [-0.2, 0) is 9.53 Å². The summed E-state index contributed by atoms with van der Waals surface area (Å²) in [5.41, 5.74) is -0.133. The van der Waals surface area contributed by atoms with Crippen LogP contribution in [0.4, 0.5) is 0 Å². The number of carbonyl (C=O) groups is 1. The van der Waals surface area contributed by atoms with Crippen molar-refractivity contribution < 1.29 is 9.53 Å². The highest BCUT2D eigenvalue weighted by Crippen LogP contribution is 2.65. The smallest absolute Gasteiger partial charge is 0.309 e. The highest BCUT2D eigenvalue weighted by molar-refractivity contribution is 5.72. The van der Waals surface area contributed by atoms with Crippen molar-refractivity contribution in [2.75, 3.05) is 0 Å². The molecule has 21 heavy (non-hydrogen) atoms. The Labute approximate surface area is 130 Å². The maximum Gasteiger partial charge on any atom is 0.309 e. The van der Waals surface area contributed by atoms with Crippen LogP contribution in [0.15, 0.2) is 0 Å². The zero-order valence-corrected chi connectivity index (χ0v) is 14.2. The average Bonchev–Trinajstić information content (AvgIpc) is 3.16. The summed E-state index contributed by atoms with van der Waals surface area (Å²) in [7, 11) is 0. The minimum Gasteiger partial charge on any atom is -0.458 e. The Hall–Kier alpha value is -0.530. The van der Waals surface area contributed by atoms with Gasteiger partial charge in [-0.05, 0) is 62.2 Å². The molecule has 0 N–H and O–H groups in total. The molecule has 2 nitrogen and oxygen atoms in total. The minimum atomic E-state index is -0.133. The maximum atomic E-state index is 12.5. The normalized spacial score (nSPS) is 43.6. The third-order valence-electron chi connectivity index (χ3n) is 7.26. The van der Waals surface area contributed by atoms with Gasteiger partial charge in [-0.25, -0.2) is 0 Å². The lowest BCUT2D eigenvalue weighted by atomic mass is 9.67. The third-order valence-corrected chi connectivity index (χ3v) is 7.26. The van der Waals surface area contributed by atoms with Crippen molar-refractivity contribution in [2.24, 2.45) is 35.5 Å². The van der Waals surface area contributed by atoms with Crippen LogP contribution >= 0.6 is 0 Å². The topological polar surface area (TPSA) is 26.3 Å². The van der Waals surface area contributed by atoms with E-state index in [-0.39, 0.29) is 17.5 Å². The monoisotopic (exact) mass is 292 g/mol. The molecule has 3 rings (SSSR count). The van der Waals surface area contributed by atoms with Crippen molar-refractivity contribution in [1.29, 1.82) is 0 Å². The number of hydrogen-bond acceptors (Lipinski definition) is 2. The summed E-state index contributed by atoms with van der Waals surface area (Å²) in [5, 5.41) is 0. The molecule has 0 heterocycles. The lowest BCUT2D eigenvalue weighted by molar-refractivity contribution is -0.183. The molecule has 0 amide bonds. The number of carbonyl (C=O) groups excluding carboxylic acids is 1. The molecule has 7 unspecified atom stereocenters. The van der Waals surface area contributed by atoms with Crippen molar-refractivity contribution >= 4 is 5.97 Å². The molecule has 0 aromatic carbocycles. The molecular weight excluding hydrogens is 260 g/mol. The van der Waals surface area contributed by atoms with Crippen LogP contribution in [0.5, 0.6) is 0 Å². The predicted molar refractivity (Wildman–Crippen MR) is 84.8 cm³/mol. The Kier molecular flexibility index (Phi) is 4.09. The Morgan fingerprint density at radius 1 is 1.19 bits per heavy atom. The second kappa shape index (κ2) is 5.59. The molecule has 2 bridgehead atoms. The van der Waals surface area contributed by atoms with Crippen molar-refractivity contribution in [3.63, 3.8) is 0 Å². The van der Waals surface area contributed by atoms with E-state index in [2.05, 4.69) is 20.8 Å². The summed E-state index contributed by atoms with van der Waals surface area (Å²) in [5.74, 6) is 3.89. The van der Waals surface area contributed by atoms with Gasteiger partial charge in [0.25, 0.3) is 0 Å². The summed E-state index contributed by atoms with van der Waals surface area (Å²) in [6.07, 6.45) is 8.69. The first-order valence-corrected chi connectivity index (χ1v) is 9.26. The van der Waals surface area contributed by atoms with Crippen LogP contribution in [0.3, 0.4) is 0 Å². The van der Waals surface area contributed by atoms with E-state index >= 15 is 0 Å². The summed E-state index contributed by atoms with van der Waals surface area (Å²) in [6.45, 7) is 8.66. The van der Waals surface area contributed by atoms with E-state index < -0.39 is 0 Å². The van der Waals surface area contributed by atoms with Crippen LogP contribution in [0.1, 0.15) is 72.6 Å². The minimum absolute atomic E-state index is 0.0458. The van der Waals surface area contributed by atoms with Crippen LogP contribution in [0.2, 0.25) is 0 Å². The summed E-state index contributed by atoms with van der Waals surface area (Å²) in [6, 6.07) is 0. The Morgan fingerprint density at radius 2 is 1.90 bits per heavy atom. The molecule has 7 atom stereocenters. The first kappa shape index (κ1) is 15.4. The fourth-order valence-electron chi connectivity index (χ4n) is 5.72. The van der Waals surface area contributed by atoms with E-state index in [1.807, 2.05) is 6.92 Å². The van der Waals surface area contributed by atoms with Crippen LogP contribution < -0.4 is 0 Å². The Morgan fingerprint density at radius 3 is 2.57 bits per heavy atom. The van der Waals surface area contributed by atoms with Gasteiger partial charge in [0.1, 0.15) is 5.60 Å². The van der Waals surface area contributed by atoms with Crippen LogP contribution in [0.25, 0.3) is 0 Å². The van der Waals surface area contributed by atoms with E-state index in [1.54, 1.807) is 0 Å². The first-order chi connectivity index (χ1) is 10.0. The molecule has 0 aliphatic heterocycles. The summed E-state index contributed by atoms with van der Waals surface area (Å²) < 4.78 is 6.31. The van der Waals surface area contributed by atoms with E-state index in [1.165, 1.54) is 25.7 Å². The quantitative estimate of drug-likeness (QED) is 0.679. The molecule has 3 aliphatic rings. The molecule has 0 aromatic rings. The third kappa shape index (κ3) is 2.24. The van der Waals surface area contributed by atoms with E-state index in [4.69, 9.17) is 4.74 Å². The van der Waals surface area contributed by atoms with Gasteiger partial charge in [-0.3, -0.25) is 4.79 Å². The molecule has 0 spiro atoms. The fraction of sp³-hybridized carbons (Fsp3) is 0.947. The largest absolute Gasteiger partial charge is 0.458 e. The summed E-state index contributed by atoms with van der Waals surface area (Å²) in [4.78, 5) is 12.5. The molecule has 3 aliphatic carbocycles. The lowest BCUT2D eigenvalue weighted by Crippen LogP contribution is -2.50. The maximum absolute atomic E-state index is 12.5. The van der Waals surface area contributed by atoms with Crippen LogP contribution in [-0.4, -0.2) is 11.6 Å². The van der Waals surface area contributed by atoms with Gasteiger partial charge in [-0.15, -0.1) is 0 Å². The van der Waals surface area contributed by atoms with Crippen molar-refractivity contribution in [3.8, 4) is 0 Å². The molecule has 120 valence electrons. The standard InChI is InChI=1S/C19H32O2/c1-5-12(3)18(20)21-19(13(4)6-2)11-14-10-17(19)16-9-7-8-15(14)16/h12-17H,5-11H2,1-4H3. The summed E-state index contributed by atoms with van der Waals surface area (Å²) >= 11 is 0. The van der Waals surface area contributed by atoms with Gasteiger partial charge in [-0.2, -0.15) is 0 Å². The molecule has 0 radical (unpaired) electrons. The first-order valence-electron chi connectivity index (χ1n) is 9.26. The van der Waals surface area contributed by atoms with Gasteiger partial charge < -0.3 is 4.74 Å². The molecule has 0 aromatic heterocycles. The lowest BCUT2D eigenvalue weighted by Gasteiger charge is -2.46. The van der Waals surface area contributed by atoms with E-state index in [0.29, 0.717) is 11.8 Å². The van der Waals surface area contributed by atoms with Crippen LogP contribution in [0, 0.1) is 35.5 Å². The fourth-order valence-corrected chi connectivity index (χ4v) is 5.72. The van der Waals surface area contributed by atoms with Crippen molar-refractivity contribution in [1.82, 2.24) is 0 Å². The number of rotatable bonds is 5. The number of esters is 1. The second-order valence-electron chi connectivity index (χ2n) is 8.06. The predicted octanol–water partition coefficient (Wildman–Crippen LogP) is 4.82. The van der Waals surface area contributed by atoms with Gasteiger partial charge in [0.05, 0.1) is 5.92 Å². The number of ether oxygens (including phenoxy) is 1. The molecule has 0 saturated heterocycles. The number of hydrogen-bond donors (Lipinski definition) is 0. The average molecular weight is 292 g/mol.